The molecule has 0 spiro atoms. The van der Waals surface area contributed by atoms with Crippen LogP contribution in [-0.4, -0.2) is 18.7 Å². The SMILES string of the molecule is CC1NCC(c2ccc3c(c2)CC(=O)N3)O1. The fourth-order valence-corrected chi connectivity index (χ4v) is 2.26. The molecule has 0 bridgehead atoms. The molecule has 1 amide bonds. The zero-order valence-corrected chi connectivity index (χ0v) is 9.12. The summed E-state index contributed by atoms with van der Waals surface area (Å²) in [6, 6.07) is 6.05. The predicted molar refractivity (Wildman–Crippen MR) is 60.1 cm³/mol. The maximum atomic E-state index is 11.2. The Kier molecular flexibility index (Phi) is 2.19. The molecule has 4 nitrogen and oxygen atoms in total. The molecule has 2 aliphatic rings. The molecule has 0 aliphatic carbocycles. The second-order valence-corrected chi connectivity index (χ2v) is 4.32. The van der Waals surface area contributed by atoms with Gasteiger partial charge < -0.3 is 10.1 Å². The normalized spacial score (nSPS) is 27.9. The minimum absolute atomic E-state index is 0.0750. The van der Waals surface area contributed by atoms with Crippen molar-refractivity contribution in [3.05, 3.63) is 29.3 Å². The lowest BCUT2D eigenvalue weighted by molar-refractivity contribution is -0.115. The van der Waals surface area contributed by atoms with Crippen molar-refractivity contribution in [1.29, 1.82) is 0 Å². The van der Waals surface area contributed by atoms with Gasteiger partial charge in [-0.15, -0.1) is 0 Å². The van der Waals surface area contributed by atoms with Crippen LogP contribution in [0.3, 0.4) is 0 Å². The van der Waals surface area contributed by atoms with Crippen LogP contribution in [0.25, 0.3) is 0 Å². The van der Waals surface area contributed by atoms with Crippen LogP contribution in [0.15, 0.2) is 18.2 Å². The van der Waals surface area contributed by atoms with Gasteiger partial charge in [-0.2, -0.15) is 0 Å². The Morgan fingerprint density at radius 2 is 2.31 bits per heavy atom. The summed E-state index contributed by atoms with van der Waals surface area (Å²) in [5.41, 5.74) is 3.16. The third kappa shape index (κ3) is 1.60. The Balaban J connectivity index is 1.87. The summed E-state index contributed by atoms with van der Waals surface area (Å²) in [6.07, 6.45) is 0.702. The molecular weight excluding hydrogens is 204 g/mol. The first-order valence-electron chi connectivity index (χ1n) is 5.54. The van der Waals surface area contributed by atoms with Crippen molar-refractivity contribution in [2.45, 2.75) is 25.7 Å². The van der Waals surface area contributed by atoms with E-state index in [2.05, 4.69) is 16.7 Å². The van der Waals surface area contributed by atoms with Crippen molar-refractivity contribution < 1.29 is 9.53 Å². The molecule has 0 radical (unpaired) electrons. The van der Waals surface area contributed by atoms with Gasteiger partial charge in [-0.25, -0.2) is 0 Å². The van der Waals surface area contributed by atoms with Gasteiger partial charge >= 0.3 is 0 Å². The number of benzene rings is 1. The molecule has 0 aromatic heterocycles. The molecule has 2 atom stereocenters. The first kappa shape index (κ1) is 9.81. The number of carbonyl (C=O) groups excluding carboxylic acids is 1. The van der Waals surface area contributed by atoms with Gasteiger partial charge in [0, 0.05) is 12.2 Å². The Morgan fingerprint density at radius 3 is 3.06 bits per heavy atom. The summed E-state index contributed by atoms with van der Waals surface area (Å²) < 4.78 is 5.72. The van der Waals surface area contributed by atoms with E-state index in [1.54, 1.807) is 0 Å². The van der Waals surface area contributed by atoms with Crippen LogP contribution in [0.2, 0.25) is 0 Å². The van der Waals surface area contributed by atoms with Gasteiger partial charge in [0.15, 0.2) is 0 Å². The van der Waals surface area contributed by atoms with E-state index in [0.717, 1.165) is 23.4 Å². The number of hydrogen-bond donors (Lipinski definition) is 2. The third-order valence-corrected chi connectivity index (χ3v) is 3.09. The van der Waals surface area contributed by atoms with E-state index < -0.39 is 0 Å². The van der Waals surface area contributed by atoms with E-state index in [1.165, 1.54) is 0 Å². The minimum Gasteiger partial charge on any atom is -0.354 e. The van der Waals surface area contributed by atoms with E-state index >= 15 is 0 Å². The minimum atomic E-state index is 0.0750. The summed E-state index contributed by atoms with van der Waals surface area (Å²) >= 11 is 0. The van der Waals surface area contributed by atoms with Crippen molar-refractivity contribution in [3.63, 3.8) is 0 Å². The Hall–Kier alpha value is -1.39. The maximum absolute atomic E-state index is 11.2. The van der Waals surface area contributed by atoms with E-state index in [-0.39, 0.29) is 18.2 Å². The van der Waals surface area contributed by atoms with Crippen LogP contribution < -0.4 is 10.6 Å². The van der Waals surface area contributed by atoms with Crippen molar-refractivity contribution in [3.8, 4) is 0 Å². The van der Waals surface area contributed by atoms with Gasteiger partial charge in [0.05, 0.1) is 12.5 Å². The quantitative estimate of drug-likeness (QED) is 0.744. The zero-order valence-electron chi connectivity index (χ0n) is 9.12. The number of hydrogen-bond acceptors (Lipinski definition) is 3. The monoisotopic (exact) mass is 218 g/mol. The standard InChI is InChI=1S/C12H14N2O2/c1-7-13-6-11(16-7)8-2-3-10-9(4-8)5-12(15)14-10/h2-4,7,11,13H,5-6H2,1H3,(H,14,15). The molecule has 1 aromatic carbocycles. The number of nitrogens with one attached hydrogen (secondary N) is 2. The Labute approximate surface area is 94.0 Å². The lowest BCUT2D eigenvalue weighted by atomic mass is 10.0. The van der Waals surface area contributed by atoms with Gasteiger partial charge in [0.25, 0.3) is 0 Å². The van der Waals surface area contributed by atoms with Gasteiger partial charge in [-0.05, 0) is 24.1 Å². The molecule has 0 saturated carbocycles. The van der Waals surface area contributed by atoms with E-state index in [0.29, 0.717) is 6.42 Å². The number of rotatable bonds is 1. The number of ether oxygens (including phenoxy) is 1. The highest BCUT2D eigenvalue weighted by molar-refractivity contribution is 5.99. The molecule has 84 valence electrons. The molecule has 1 fully saturated rings. The summed E-state index contributed by atoms with van der Waals surface area (Å²) in [7, 11) is 0. The summed E-state index contributed by atoms with van der Waals surface area (Å²) in [6.45, 7) is 2.83. The molecule has 1 aromatic rings. The average Bonchev–Trinajstić information content (AvgIpc) is 2.81. The van der Waals surface area contributed by atoms with E-state index in [4.69, 9.17) is 4.74 Å². The Morgan fingerprint density at radius 1 is 1.44 bits per heavy atom. The fraction of sp³-hybridized carbons (Fsp3) is 0.417. The van der Waals surface area contributed by atoms with Crippen LogP contribution >= 0.6 is 0 Å². The molecule has 2 aliphatic heterocycles. The third-order valence-electron chi connectivity index (χ3n) is 3.09. The first-order valence-corrected chi connectivity index (χ1v) is 5.54. The van der Waals surface area contributed by atoms with Crippen molar-refractivity contribution in [2.24, 2.45) is 0 Å². The lowest BCUT2D eigenvalue weighted by Crippen LogP contribution is -2.17. The topological polar surface area (TPSA) is 50.4 Å². The van der Waals surface area contributed by atoms with Crippen molar-refractivity contribution in [1.82, 2.24) is 5.32 Å². The van der Waals surface area contributed by atoms with Crippen LogP contribution in [-0.2, 0) is 16.0 Å². The number of fused-ring (bicyclic) bond motifs is 1. The van der Waals surface area contributed by atoms with Crippen molar-refractivity contribution in [2.75, 3.05) is 11.9 Å². The molecule has 2 unspecified atom stereocenters. The summed E-state index contributed by atoms with van der Waals surface area (Å²) in [4.78, 5) is 11.2. The molecule has 4 heteroatoms. The van der Waals surface area contributed by atoms with Gasteiger partial charge in [-0.1, -0.05) is 12.1 Å². The summed E-state index contributed by atoms with van der Waals surface area (Å²) in [5.74, 6) is 0.0750. The van der Waals surface area contributed by atoms with Crippen LogP contribution in [0.4, 0.5) is 5.69 Å². The molecule has 2 N–H and O–H groups in total. The lowest BCUT2D eigenvalue weighted by Gasteiger charge is -2.11. The van der Waals surface area contributed by atoms with Gasteiger partial charge in [0.2, 0.25) is 5.91 Å². The Bertz CT molecular complexity index is 445. The molecule has 1 saturated heterocycles. The number of anilines is 1. The highest BCUT2D eigenvalue weighted by Gasteiger charge is 2.25. The summed E-state index contributed by atoms with van der Waals surface area (Å²) in [5, 5.41) is 6.07. The number of carbonyl (C=O) groups is 1. The van der Waals surface area contributed by atoms with Crippen molar-refractivity contribution >= 4 is 11.6 Å². The highest BCUT2D eigenvalue weighted by atomic mass is 16.5. The second kappa shape index (κ2) is 3.57. The van der Waals surface area contributed by atoms with Gasteiger partial charge in [0.1, 0.15) is 6.23 Å². The largest absolute Gasteiger partial charge is 0.354 e. The van der Waals surface area contributed by atoms with E-state index in [1.807, 2.05) is 19.1 Å². The number of amides is 1. The van der Waals surface area contributed by atoms with Crippen LogP contribution in [0.5, 0.6) is 0 Å². The smallest absolute Gasteiger partial charge is 0.228 e. The maximum Gasteiger partial charge on any atom is 0.228 e. The average molecular weight is 218 g/mol. The molecule has 3 rings (SSSR count). The predicted octanol–water partition coefficient (Wildman–Crippen LogP) is 1.19. The molecular formula is C12H14N2O2. The molecule has 16 heavy (non-hydrogen) atoms. The van der Waals surface area contributed by atoms with E-state index in [9.17, 15) is 4.79 Å². The molecule has 2 heterocycles. The van der Waals surface area contributed by atoms with Gasteiger partial charge in [-0.3, -0.25) is 10.1 Å². The second-order valence-electron chi connectivity index (χ2n) is 4.32. The first-order chi connectivity index (χ1) is 7.72. The van der Waals surface area contributed by atoms with Crippen LogP contribution in [0, 0.1) is 0 Å². The van der Waals surface area contributed by atoms with Crippen LogP contribution in [0.1, 0.15) is 24.2 Å². The highest BCUT2D eigenvalue weighted by Crippen LogP contribution is 2.29. The fourth-order valence-electron chi connectivity index (χ4n) is 2.26. The zero-order chi connectivity index (χ0) is 11.1.